The molecule has 2 N–H and O–H groups in total. The highest BCUT2D eigenvalue weighted by atomic mass is 32.1. The van der Waals surface area contributed by atoms with Gasteiger partial charge in [-0.3, -0.25) is 4.57 Å². The molecule has 6 rings (SSSR count). The first-order chi connectivity index (χ1) is 15.2. The summed E-state index contributed by atoms with van der Waals surface area (Å²) in [5.41, 5.74) is 14.4. The smallest absolute Gasteiger partial charge is 0.165 e. The molecule has 152 valence electrons. The molecule has 1 aliphatic rings. The standard InChI is InChI=1S/C24H20N6S/c1-14-13-31-24(27-14)20-10-9-19-23(29-20)30(17-8-7-15-4-2-5-16(15)12-17)22(28-19)18-6-3-11-26-21(18)25/h3,6-13H,2,4-5H2,1H3,(H2,25,26). The van der Waals surface area contributed by atoms with E-state index in [0.717, 1.165) is 57.5 Å². The Morgan fingerprint density at radius 2 is 1.90 bits per heavy atom. The molecule has 6 nitrogen and oxygen atoms in total. The van der Waals surface area contributed by atoms with Crippen molar-refractivity contribution in [1.82, 2.24) is 24.5 Å². The molecule has 31 heavy (non-hydrogen) atoms. The summed E-state index contributed by atoms with van der Waals surface area (Å²) in [5.74, 6) is 1.20. The zero-order chi connectivity index (χ0) is 20.9. The first-order valence-electron chi connectivity index (χ1n) is 10.3. The van der Waals surface area contributed by atoms with E-state index >= 15 is 0 Å². The summed E-state index contributed by atoms with van der Waals surface area (Å²) in [6.45, 7) is 2.00. The van der Waals surface area contributed by atoms with Crippen LogP contribution in [-0.2, 0) is 12.8 Å². The number of rotatable bonds is 3. The molecule has 0 bridgehead atoms. The van der Waals surface area contributed by atoms with E-state index in [-0.39, 0.29) is 0 Å². The third-order valence-corrected chi connectivity index (χ3v) is 6.74. The van der Waals surface area contributed by atoms with E-state index in [1.54, 1.807) is 17.5 Å². The van der Waals surface area contributed by atoms with Crippen molar-refractivity contribution in [2.24, 2.45) is 0 Å². The highest BCUT2D eigenvalue weighted by molar-refractivity contribution is 7.13. The second kappa shape index (κ2) is 6.99. The quantitative estimate of drug-likeness (QED) is 0.441. The predicted octanol–water partition coefficient (Wildman–Crippen LogP) is 4.99. The average molecular weight is 425 g/mol. The van der Waals surface area contributed by atoms with Crippen LogP contribution in [0.2, 0.25) is 0 Å². The van der Waals surface area contributed by atoms with Gasteiger partial charge in [0.1, 0.15) is 22.0 Å². The van der Waals surface area contributed by atoms with E-state index in [1.165, 1.54) is 17.5 Å². The fourth-order valence-corrected chi connectivity index (χ4v) is 5.04. The molecule has 7 heteroatoms. The molecule has 5 aromatic rings. The Morgan fingerprint density at radius 1 is 1.00 bits per heavy atom. The van der Waals surface area contributed by atoms with Crippen LogP contribution in [0.3, 0.4) is 0 Å². The fraction of sp³-hybridized carbons (Fsp3) is 0.167. The van der Waals surface area contributed by atoms with Crippen molar-refractivity contribution in [3.8, 4) is 27.8 Å². The Morgan fingerprint density at radius 3 is 2.74 bits per heavy atom. The van der Waals surface area contributed by atoms with Gasteiger partial charge < -0.3 is 5.73 Å². The molecule has 0 radical (unpaired) electrons. The molecule has 0 fully saturated rings. The minimum atomic E-state index is 0.455. The van der Waals surface area contributed by atoms with Gasteiger partial charge in [-0.25, -0.2) is 19.9 Å². The molecular weight excluding hydrogens is 404 g/mol. The van der Waals surface area contributed by atoms with Crippen LogP contribution in [0.1, 0.15) is 23.2 Å². The minimum absolute atomic E-state index is 0.455. The van der Waals surface area contributed by atoms with Gasteiger partial charge in [-0.2, -0.15) is 0 Å². The Hall–Kier alpha value is -3.58. The maximum absolute atomic E-state index is 6.24. The van der Waals surface area contributed by atoms with Gasteiger partial charge in [0.25, 0.3) is 0 Å². The van der Waals surface area contributed by atoms with Gasteiger partial charge in [0.15, 0.2) is 11.5 Å². The first kappa shape index (κ1) is 18.2. The zero-order valence-electron chi connectivity index (χ0n) is 17.0. The second-order valence-electron chi connectivity index (χ2n) is 7.85. The highest BCUT2D eigenvalue weighted by Gasteiger charge is 2.20. The maximum Gasteiger partial charge on any atom is 0.165 e. The number of nitrogens with zero attached hydrogens (tertiary/aromatic N) is 5. The van der Waals surface area contributed by atoms with Gasteiger partial charge in [0, 0.05) is 23.0 Å². The number of nitrogen functional groups attached to an aromatic ring is 1. The second-order valence-corrected chi connectivity index (χ2v) is 8.70. The lowest BCUT2D eigenvalue weighted by Gasteiger charge is -2.12. The van der Waals surface area contributed by atoms with Crippen molar-refractivity contribution in [3.63, 3.8) is 0 Å². The number of hydrogen-bond acceptors (Lipinski definition) is 6. The van der Waals surface area contributed by atoms with Gasteiger partial charge in [0.2, 0.25) is 0 Å². The lowest BCUT2D eigenvalue weighted by molar-refractivity contribution is 0.911. The zero-order valence-corrected chi connectivity index (χ0v) is 17.9. The van der Waals surface area contributed by atoms with Crippen LogP contribution in [0.4, 0.5) is 5.82 Å². The third kappa shape index (κ3) is 3.00. The number of hydrogen-bond donors (Lipinski definition) is 1. The van der Waals surface area contributed by atoms with Crippen LogP contribution < -0.4 is 5.73 Å². The highest BCUT2D eigenvalue weighted by Crippen LogP contribution is 2.33. The van der Waals surface area contributed by atoms with Crippen LogP contribution in [0.5, 0.6) is 0 Å². The van der Waals surface area contributed by atoms with Crippen molar-refractivity contribution >= 4 is 28.3 Å². The van der Waals surface area contributed by atoms with Crippen LogP contribution in [0.15, 0.2) is 54.0 Å². The molecule has 0 saturated heterocycles. The summed E-state index contributed by atoms with van der Waals surface area (Å²) in [6.07, 6.45) is 5.16. The molecule has 0 saturated carbocycles. The van der Waals surface area contributed by atoms with Crippen LogP contribution in [-0.4, -0.2) is 24.5 Å². The molecule has 1 aliphatic carbocycles. The monoisotopic (exact) mass is 424 g/mol. The largest absolute Gasteiger partial charge is 0.383 e. The van der Waals surface area contributed by atoms with E-state index in [4.69, 9.17) is 15.7 Å². The molecule has 4 aromatic heterocycles. The molecule has 0 atom stereocenters. The lowest BCUT2D eigenvalue weighted by atomic mass is 10.1. The van der Waals surface area contributed by atoms with Gasteiger partial charge in [-0.1, -0.05) is 6.07 Å². The van der Waals surface area contributed by atoms with Crippen molar-refractivity contribution in [1.29, 1.82) is 0 Å². The number of anilines is 1. The summed E-state index contributed by atoms with van der Waals surface area (Å²) < 4.78 is 2.10. The van der Waals surface area contributed by atoms with Crippen molar-refractivity contribution in [2.75, 3.05) is 5.73 Å². The SMILES string of the molecule is Cc1csc(-c2ccc3nc(-c4cccnc4N)n(-c4ccc5c(c4)CCC5)c3n2)n1. The molecule has 4 heterocycles. The summed E-state index contributed by atoms with van der Waals surface area (Å²) in [4.78, 5) is 18.8. The molecule has 0 aliphatic heterocycles. The van der Waals surface area contributed by atoms with E-state index in [0.29, 0.717) is 5.82 Å². The Balaban J connectivity index is 1.64. The number of aromatic nitrogens is 5. The average Bonchev–Trinajstić information content (AvgIpc) is 3.50. The molecule has 1 aromatic carbocycles. The lowest BCUT2D eigenvalue weighted by Crippen LogP contribution is -2.03. The van der Waals surface area contributed by atoms with Crippen molar-refractivity contribution < 1.29 is 0 Å². The first-order valence-corrected chi connectivity index (χ1v) is 11.2. The number of pyridine rings is 2. The fourth-order valence-electron chi connectivity index (χ4n) is 4.28. The van der Waals surface area contributed by atoms with E-state index in [9.17, 15) is 0 Å². The van der Waals surface area contributed by atoms with Crippen LogP contribution in [0, 0.1) is 6.92 Å². The van der Waals surface area contributed by atoms with Gasteiger partial charge in [-0.05, 0) is 73.7 Å². The van der Waals surface area contributed by atoms with E-state index in [2.05, 4.69) is 32.7 Å². The Labute approximate surface area is 183 Å². The summed E-state index contributed by atoms with van der Waals surface area (Å²) in [5, 5.41) is 2.95. The number of nitrogens with two attached hydrogens (primary N) is 1. The number of fused-ring (bicyclic) bond motifs is 2. The molecular formula is C24H20N6S. The van der Waals surface area contributed by atoms with Gasteiger partial charge >= 0.3 is 0 Å². The molecule has 0 amide bonds. The third-order valence-electron chi connectivity index (χ3n) is 5.76. The van der Waals surface area contributed by atoms with Crippen LogP contribution >= 0.6 is 11.3 Å². The normalized spacial score (nSPS) is 13.1. The van der Waals surface area contributed by atoms with Crippen LogP contribution in [0.25, 0.3) is 38.9 Å². The molecule has 0 spiro atoms. The number of thiazole rings is 1. The number of aryl methyl sites for hydroxylation is 3. The Bertz CT molecular complexity index is 1450. The summed E-state index contributed by atoms with van der Waals surface area (Å²) in [6, 6.07) is 14.5. The Kier molecular flexibility index (Phi) is 4.11. The van der Waals surface area contributed by atoms with E-state index < -0.39 is 0 Å². The topological polar surface area (TPSA) is 82.5 Å². The van der Waals surface area contributed by atoms with Gasteiger partial charge in [0.05, 0.1) is 5.56 Å². The summed E-state index contributed by atoms with van der Waals surface area (Å²) in [7, 11) is 0. The van der Waals surface area contributed by atoms with Crippen molar-refractivity contribution in [2.45, 2.75) is 26.2 Å². The number of imidazole rings is 1. The van der Waals surface area contributed by atoms with Crippen molar-refractivity contribution in [3.05, 3.63) is 70.9 Å². The minimum Gasteiger partial charge on any atom is -0.383 e. The summed E-state index contributed by atoms with van der Waals surface area (Å²) >= 11 is 1.60. The number of benzene rings is 1. The maximum atomic E-state index is 6.24. The predicted molar refractivity (Wildman–Crippen MR) is 124 cm³/mol. The molecule has 0 unspecified atom stereocenters. The van der Waals surface area contributed by atoms with Gasteiger partial charge in [-0.15, -0.1) is 11.3 Å². The van der Waals surface area contributed by atoms with E-state index in [1.807, 2.05) is 36.6 Å².